The third-order valence-electron chi connectivity index (χ3n) is 3.06. The average molecular weight is 244 g/mol. The van der Waals surface area contributed by atoms with Crippen LogP contribution in [0.15, 0.2) is 52.7 Å². The Labute approximate surface area is 108 Å². The number of rotatable bonds is 3. The Bertz CT molecular complexity index is 480. The number of hydrazine groups is 1. The maximum absolute atomic E-state index is 6.37. The van der Waals surface area contributed by atoms with Crippen molar-refractivity contribution in [1.29, 1.82) is 0 Å². The second-order valence-corrected chi connectivity index (χ2v) is 4.78. The highest BCUT2D eigenvalue weighted by atomic mass is 15.4. The number of fused-ring (bicyclic) bond motifs is 1. The zero-order valence-electron chi connectivity index (χ0n) is 10.9. The van der Waals surface area contributed by atoms with Crippen LogP contribution in [0.5, 0.6) is 0 Å². The lowest BCUT2D eigenvalue weighted by Crippen LogP contribution is -2.41. The summed E-state index contributed by atoms with van der Waals surface area (Å²) in [4.78, 5) is 4.50. The van der Waals surface area contributed by atoms with E-state index in [9.17, 15) is 0 Å². The molecule has 0 aromatic carbocycles. The molecule has 18 heavy (non-hydrogen) atoms. The lowest BCUT2D eigenvalue weighted by Gasteiger charge is -2.29. The number of aliphatic imine (C=N–C) groups is 1. The molecular formula is C14H20N4. The fourth-order valence-electron chi connectivity index (χ4n) is 2.35. The van der Waals surface area contributed by atoms with Crippen molar-refractivity contribution in [3.63, 3.8) is 0 Å². The number of allylic oxidation sites excluding steroid dienone is 4. The van der Waals surface area contributed by atoms with E-state index in [4.69, 9.17) is 11.6 Å². The van der Waals surface area contributed by atoms with E-state index in [1.54, 1.807) is 7.05 Å². The fourth-order valence-corrected chi connectivity index (χ4v) is 2.35. The van der Waals surface area contributed by atoms with Gasteiger partial charge in [0.15, 0.2) is 0 Å². The largest absolute Gasteiger partial charge is 0.321 e. The van der Waals surface area contributed by atoms with Crippen LogP contribution in [-0.2, 0) is 0 Å². The van der Waals surface area contributed by atoms with E-state index in [0.717, 1.165) is 24.3 Å². The maximum Gasteiger partial charge on any atom is 0.0590 e. The van der Waals surface area contributed by atoms with Crippen molar-refractivity contribution in [2.75, 3.05) is 13.6 Å². The van der Waals surface area contributed by atoms with Crippen LogP contribution in [0.4, 0.5) is 0 Å². The van der Waals surface area contributed by atoms with Crippen molar-refractivity contribution >= 4 is 5.71 Å². The Morgan fingerprint density at radius 3 is 2.94 bits per heavy atom. The van der Waals surface area contributed by atoms with Gasteiger partial charge in [0.05, 0.1) is 12.1 Å². The molecule has 0 amide bonds. The Hall–Kier alpha value is -1.65. The lowest BCUT2D eigenvalue weighted by molar-refractivity contribution is 0.484. The zero-order valence-corrected chi connectivity index (χ0v) is 10.9. The molecule has 0 aromatic rings. The van der Waals surface area contributed by atoms with Crippen molar-refractivity contribution in [3.8, 4) is 0 Å². The van der Waals surface area contributed by atoms with Gasteiger partial charge in [0, 0.05) is 31.0 Å². The minimum atomic E-state index is -0.442. The average Bonchev–Trinajstić information content (AvgIpc) is 2.73. The Kier molecular flexibility index (Phi) is 3.50. The predicted octanol–water partition coefficient (Wildman–Crippen LogP) is 1.29. The Morgan fingerprint density at radius 1 is 1.50 bits per heavy atom. The van der Waals surface area contributed by atoms with Gasteiger partial charge in [0.1, 0.15) is 0 Å². The third kappa shape index (κ3) is 2.60. The van der Waals surface area contributed by atoms with Crippen LogP contribution >= 0.6 is 0 Å². The molecule has 0 spiro atoms. The van der Waals surface area contributed by atoms with Gasteiger partial charge < -0.3 is 10.7 Å². The van der Waals surface area contributed by atoms with E-state index < -0.39 is 5.54 Å². The Balaban J connectivity index is 2.39. The number of hydrogen-bond acceptors (Lipinski definition) is 4. The molecule has 0 saturated carbocycles. The number of hydrogen-bond donors (Lipinski definition) is 2. The van der Waals surface area contributed by atoms with Crippen LogP contribution < -0.4 is 11.6 Å². The monoisotopic (exact) mass is 244 g/mol. The summed E-state index contributed by atoms with van der Waals surface area (Å²) in [7, 11) is 1.79. The second-order valence-electron chi connectivity index (χ2n) is 4.78. The minimum absolute atomic E-state index is 0.442. The van der Waals surface area contributed by atoms with Crippen molar-refractivity contribution in [2.24, 2.45) is 16.6 Å². The normalized spacial score (nSPS) is 27.2. The van der Waals surface area contributed by atoms with E-state index in [1.807, 2.05) is 31.4 Å². The minimum Gasteiger partial charge on any atom is -0.321 e. The van der Waals surface area contributed by atoms with Gasteiger partial charge in [-0.3, -0.25) is 4.99 Å². The van der Waals surface area contributed by atoms with Gasteiger partial charge >= 0.3 is 0 Å². The fraction of sp³-hybridized carbons (Fsp3) is 0.357. The van der Waals surface area contributed by atoms with Gasteiger partial charge in [-0.1, -0.05) is 24.3 Å². The molecule has 1 atom stereocenters. The lowest BCUT2D eigenvalue weighted by atomic mass is 9.80. The predicted molar refractivity (Wildman–Crippen MR) is 75.9 cm³/mol. The van der Waals surface area contributed by atoms with Crippen LogP contribution in [0.25, 0.3) is 0 Å². The van der Waals surface area contributed by atoms with Crippen LogP contribution in [0.2, 0.25) is 0 Å². The van der Waals surface area contributed by atoms with Gasteiger partial charge in [0.2, 0.25) is 0 Å². The molecule has 0 fully saturated rings. The molecule has 1 heterocycles. The van der Waals surface area contributed by atoms with Crippen LogP contribution in [0.1, 0.15) is 13.3 Å². The molecule has 1 aliphatic carbocycles. The molecule has 1 unspecified atom stereocenters. The molecule has 2 rings (SSSR count). The molecule has 1 aliphatic heterocycles. The number of nitrogens with zero attached hydrogens (tertiary/aromatic N) is 2. The quantitative estimate of drug-likeness (QED) is 0.446. The van der Waals surface area contributed by atoms with E-state index in [1.165, 1.54) is 10.6 Å². The van der Waals surface area contributed by atoms with E-state index in [0.29, 0.717) is 0 Å². The van der Waals surface area contributed by atoms with Crippen LogP contribution in [0.3, 0.4) is 0 Å². The molecule has 0 aromatic heterocycles. The summed E-state index contributed by atoms with van der Waals surface area (Å²) in [5, 5.41) is 1.52. The smallest absolute Gasteiger partial charge is 0.0590 e. The van der Waals surface area contributed by atoms with E-state index >= 15 is 0 Å². The molecule has 4 heteroatoms. The summed E-state index contributed by atoms with van der Waals surface area (Å²) in [5.74, 6) is 5.60. The maximum atomic E-state index is 6.37. The van der Waals surface area contributed by atoms with Gasteiger partial charge in [0.25, 0.3) is 0 Å². The SMILES string of the molecule is C/C=C\C1(N)C=C(/C=C/N(C)N)C2=CCN=C2C1. The summed E-state index contributed by atoms with van der Waals surface area (Å²) in [5.41, 5.74) is 9.31. The van der Waals surface area contributed by atoms with Gasteiger partial charge in [-0.25, -0.2) is 5.84 Å². The van der Waals surface area contributed by atoms with Gasteiger partial charge in [-0.2, -0.15) is 0 Å². The van der Waals surface area contributed by atoms with E-state index in [2.05, 4.69) is 17.1 Å². The first-order valence-corrected chi connectivity index (χ1v) is 6.09. The molecule has 0 bridgehead atoms. The zero-order chi connectivity index (χ0) is 13.2. The first kappa shape index (κ1) is 12.8. The van der Waals surface area contributed by atoms with Crippen molar-refractivity contribution in [2.45, 2.75) is 18.9 Å². The second kappa shape index (κ2) is 4.92. The molecule has 96 valence electrons. The summed E-state index contributed by atoms with van der Waals surface area (Å²) in [6.45, 7) is 2.73. The summed E-state index contributed by atoms with van der Waals surface area (Å²) < 4.78 is 0. The highest BCUT2D eigenvalue weighted by Gasteiger charge is 2.31. The standard InChI is InChI=1S/C14H20N4/c1-3-6-14(15)9-11(5-8-18(2)16)12-4-7-17-13(12)10-14/h3-6,8-9H,7,10,15-16H2,1-2H3/b6-3-,8-5+. The highest BCUT2D eigenvalue weighted by molar-refractivity contribution is 6.08. The third-order valence-corrected chi connectivity index (χ3v) is 3.06. The molecule has 0 saturated heterocycles. The summed E-state index contributed by atoms with van der Waals surface area (Å²) in [6.07, 6.45) is 12.8. The molecule has 4 N–H and O–H groups in total. The van der Waals surface area contributed by atoms with Crippen molar-refractivity contribution in [1.82, 2.24) is 5.01 Å². The summed E-state index contributed by atoms with van der Waals surface area (Å²) in [6, 6.07) is 0. The number of nitrogens with two attached hydrogens (primary N) is 2. The molecule has 2 aliphatic rings. The van der Waals surface area contributed by atoms with Gasteiger partial charge in [-0.05, 0) is 18.6 Å². The summed E-state index contributed by atoms with van der Waals surface area (Å²) >= 11 is 0. The van der Waals surface area contributed by atoms with Crippen molar-refractivity contribution < 1.29 is 0 Å². The first-order chi connectivity index (χ1) is 8.54. The molecule has 4 nitrogen and oxygen atoms in total. The van der Waals surface area contributed by atoms with E-state index in [-0.39, 0.29) is 0 Å². The van der Waals surface area contributed by atoms with Crippen LogP contribution in [-0.4, -0.2) is 29.9 Å². The molecular weight excluding hydrogens is 224 g/mol. The topological polar surface area (TPSA) is 67.6 Å². The molecule has 0 radical (unpaired) electrons. The van der Waals surface area contributed by atoms with Crippen molar-refractivity contribution in [3.05, 3.63) is 47.7 Å². The van der Waals surface area contributed by atoms with Crippen LogP contribution in [0, 0.1) is 0 Å². The van der Waals surface area contributed by atoms with Gasteiger partial charge in [-0.15, -0.1) is 0 Å². The Morgan fingerprint density at radius 2 is 2.28 bits per heavy atom. The first-order valence-electron chi connectivity index (χ1n) is 6.09. The highest BCUT2D eigenvalue weighted by Crippen LogP contribution is 2.31.